The number of nitrogens with one attached hydrogen (secondary N) is 1. The Hall–Kier alpha value is -3.69. The number of hydrogen-bond acceptors (Lipinski definition) is 5. The van der Waals surface area contributed by atoms with Crippen molar-refractivity contribution in [3.05, 3.63) is 54.1 Å². The molecule has 0 spiro atoms. The van der Waals surface area contributed by atoms with Crippen molar-refractivity contribution in [3.63, 3.8) is 0 Å². The van der Waals surface area contributed by atoms with E-state index in [-0.39, 0.29) is 11.4 Å². The molecule has 1 fully saturated rings. The molecular weight excluding hydrogens is 391 g/mol. The van der Waals surface area contributed by atoms with E-state index in [1.54, 1.807) is 0 Å². The molecule has 1 heterocycles. The van der Waals surface area contributed by atoms with Crippen LogP contribution in [0.5, 0.6) is 5.75 Å². The number of nitrogens with zero attached hydrogens (tertiary/aromatic N) is 2. The summed E-state index contributed by atoms with van der Waals surface area (Å²) in [6, 6.07) is 9.13. The van der Waals surface area contributed by atoms with Crippen molar-refractivity contribution < 1.29 is 32.3 Å². The molecular formula is C19H14F3N3O4. The molecule has 1 aliphatic heterocycles. The third kappa shape index (κ3) is 4.26. The van der Waals surface area contributed by atoms with E-state index in [9.17, 15) is 27.6 Å². The second kappa shape index (κ2) is 7.74. The van der Waals surface area contributed by atoms with Crippen LogP contribution in [0.3, 0.4) is 0 Å². The maximum absolute atomic E-state index is 12.8. The molecule has 0 aromatic heterocycles. The van der Waals surface area contributed by atoms with Gasteiger partial charge in [0.2, 0.25) is 5.91 Å². The number of barbiturate groups is 1. The highest BCUT2D eigenvalue weighted by Crippen LogP contribution is 2.31. The third-order valence-electron chi connectivity index (χ3n) is 4.08. The number of benzene rings is 2. The van der Waals surface area contributed by atoms with Crippen LogP contribution < -0.4 is 15.0 Å². The molecule has 1 atom stereocenters. The number of aliphatic imine (C=N–C) groups is 1. The number of alkyl halides is 3. The standard InChI is InChI=1S/C19H14F3N3O4/c1-29-14-7-5-13(6-8-14)25-17(27)15(16(26)24-18(25)28)10-23-12-4-2-3-11(9-12)19(20,21)22/h2-10,15H,1H3,(H,24,26,28)/t15-/m1/s1. The highest BCUT2D eigenvalue weighted by Gasteiger charge is 2.40. The average molecular weight is 405 g/mol. The van der Waals surface area contributed by atoms with Gasteiger partial charge in [-0.1, -0.05) is 6.07 Å². The minimum absolute atomic E-state index is 0.0895. The Balaban J connectivity index is 1.87. The summed E-state index contributed by atoms with van der Waals surface area (Å²) < 4.78 is 43.4. The maximum atomic E-state index is 12.8. The van der Waals surface area contributed by atoms with Crippen LogP contribution in [0.4, 0.5) is 29.3 Å². The van der Waals surface area contributed by atoms with Crippen molar-refractivity contribution in [2.75, 3.05) is 12.0 Å². The third-order valence-corrected chi connectivity index (χ3v) is 4.08. The lowest BCUT2D eigenvalue weighted by Gasteiger charge is -2.28. The van der Waals surface area contributed by atoms with Gasteiger partial charge in [-0.25, -0.2) is 9.69 Å². The van der Waals surface area contributed by atoms with Crippen LogP contribution in [0.15, 0.2) is 53.5 Å². The van der Waals surface area contributed by atoms with E-state index in [1.807, 2.05) is 5.32 Å². The molecule has 1 N–H and O–H groups in total. The quantitative estimate of drug-likeness (QED) is 0.625. The first-order valence-electron chi connectivity index (χ1n) is 8.25. The van der Waals surface area contributed by atoms with Gasteiger partial charge in [0.25, 0.3) is 5.91 Å². The summed E-state index contributed by atoms with van der Waals surface area (Å²) in [7, 11) is 1.45. The van der Waals surface area contributed by atoms with Crippen LogP contribution >= 0.6 is 0 Å². The molecule has 10 heteroatoms. The number of anilines is 1. The van der Waals surface area contributed by atoms with Crippen molar-refractivity contribution in [1.29, 1.82) is 0 Å². The molecule has 0 radical (unpaired) electrons. The van der Waals surface area contributed by atoms with Crippen molar-refractivity contribution >= 4 is 35.4 Å². The number of amides is 4. The number of rotatable bonds is 4. The molecule has 2 aromatic carbocycles. The van der Waals surface area contributed by atoms with Gasteiger partial charge in [-0.3, -0.25) is 19.9 Å². The average Bonchev–Trinajstić information content (AvgIpc) is 2.67. The first-order chi connectivity index (χ1) is 13.7. The van der Waals surface area contributed by atoms with Gasteiger partial charge in [-0.15, -0.1) is 0 Å². The Morgan fingerprint density at radius 1 is 1.10 bits per heavy atom. The second-order valence-electron chi connectivity index (χ2n) is 5.97. The summed E-state index contributed by atoms with van der Waals surface area (Å²) in [6.45, 7) is 0. The van der Waals surface area contributed by atoms with Crippen molar-refractivity contribution in [3.8, 4) is 5.75 Å². The van der Waals surface area contributed by atoms with E-state index < -0.39 is 35.5 Å². The SMILES string of the molecule is COc1ccc(N2C(=O)NC(=O)[C@@H](C=Nc3cccc(C(F)(F)F)c3)C2=O)cc1. The summed E-state index contributed by atoms with van der Waals surface area (Å²) >= 11 is 0. The fourth-order valence-corrected chi connectivity index (χ4v) is 2.62. The van der Waals surface area contributed by atoms with E-state index in [1.165, 1.54) is 37.4 Å². The molecule has 1 saturated heterocycles. The normalized spacial score (nSPS) is 17.6. The van der Waals surface area contributed by atoms with Crippen LogP contribution in [0, 0.1) is 5.92 Å². The summed E-state index contributed by atoms with van der Waals surface area (Å²) in [5.74, 6) is -2.78. The van der Waals surface area contributed by atoms with Gasteiger partial charge in [0.1, 0.15) is 5.75 Å². The van der Waals surface area contributed by atoms with Gasteiger partial charge >= 0.3 is 12.2 Å². The molecule has 2 aromatic rings. The van der Waals surface area contributed by atoms with Crippen molar-refractivity contribution in [2.24, 2.45) is 10.9 Å². The van der Waals surface area contributed by atoms with Gasteiger partial charge in [-0.2, -0.15) is 13.2 Å². The Kier molecular flexibility index (Phi) is 5.35. The smallest absolute Gasteiger partial charge is 0.416 e. The predicted octanol–water partition coefficient (Wildman–Crippen LogP) is 3.32. The lowest BCUT2D eigenvalue weighted by Crippen LogP contribution is -2.58. The molecule has 0 aliphatic carbocycles. The maximum Gasteiger partial charge on any atom is 0.416 e. The van der Waals surface area contributed by atoms with E-state index >= 15 is 0 Å². The Morgan fingerprint density at radius 3 is 2.41 bits per heavy atom. The van der Waals surface area contributed by atoms with E-state index in [0.29, 0.717) is 5.75 Å². The topological polar surface area (TPSA) is 88.1 Å². The molecule has 150 valence electrons. The zero-order valence-corrected chi connectivity index (χ0v) is 14.9. The second-order valence-corrected chi connectivity index (χ2v) is 5.97. The lowest BCUT2D eigenvalue weighted by atomic mass is 10.1. The summed E-state index contributed by atoms with van der Waals surface area (Å²) in [5.41, 5.74) is -0.812. The van der Waals surface area contributed by atoms with Crippen LogP contribution in [0.2, 0.25) is 0 Å². The number of ether oxygens (including phenoxy) is 1. The number of urea groups is 1. The summed E-state index contributed by atoms with van der Waals surface area (Å²) in [4.78, 5) is 41.5. The lowest BCUT2D eigenvalue weighted by molar-refractivity contribution is -0.137. The molecule has 0 saturated carbocycles. The largest absolute Gasteiger partial charge is 0.497 e. The van der Waals surface area contributed by atoms with Crippen LogP contribution in [0.1, 0.15) is 5.56 Å². The first-order valence-corrected chi connectivity index (χ1v) is 8.25. The van der Waals surface area contributed by atoms with Crippen LogP contribution in [0.25, 0.3) is 0 Å². The Morgan fingerprint density at radius 2 is 1.79 bits per heavy atom. The summed E-state index contributed by atoms with van der Waals surface area (Å²) in [5, 5.41) is 2.03. The van der Waals surface area contributed by atoms with Crippen LogP contribution in [-0.4, -0.2) is 31.2 Å². The van der Waals surface area contributed by atoms with E-state index in [0.717, 1.165) is 29.3 Å². The highest BCUT2D eigenvalue weighted by atomic mass is 19.4. The number of hydrogen-bond donors (Lipinski definition) is 1. The van der Waals surface area contributed by atoms with Crippen molar-refractivity contribution in [1.82, 2.24) is 5.32 Å². The zero-order valence-electron chi connectivity index (χ0n) is 14.9. The van der Waals surface area contributed by atoms with Gasteiger partial charge in [0.15, 0.2) is 5.92 Å². The van der Waals surface area contributed by atoms with E-state index in [2.05, 4.69) is 4.99 Å². The first kappa shape index (κ1) is 20.1. The fraction of sp³-hybridized carbons (Fsp3) is 0.158. The molecule has 7 nitrogen and oxygen atoms in total. The minimum Gasteiger partial charge on any atom is -0.497 e. The monoisotopic (exact) mass is 405 g/mol. The number of carbonyl (C=O) groups is 3. The number of methoxy groups -OCH3 is 1. The fourth-order valence-electron chi connectivity index (χ4n) is 2.62. The molecule has 29 heavy (non-hydrogen) atoms. The number of imide groups is 2. The predicted molar refractivity (Wildman–Crippen MR) is 97.1 cm³/mol. The number of halogens is 3. The van der Waals surface area contributed by atoms with E-state index in [4.69, 9.17) is 4.74 Å². The van der Waals surface area contributed by atoms with Crippen molar-refractivity contribution in [2.45, 2.75) is 6.18 Å². The minimum atomic E-state index is -4.55. The molecule has 3 rings (SSSR count). The van der Waals surface area contributed by atoms with Gasteiger partial charge in [-0.05, 0) is 42.5 Å². The van der Waals surface area contributed by atoms with Crippen LogP contribution in [-0.2, 0) is 15.8 Å². The van der Waals surface area contributed by atoms with Gasteiger partial charge in [0.05, 0.1) is 24.0 Å². The molecule has 0 unspecified atom stereocenters. The Labute approximate surface area is 162 Å². The van der Waals surface area contributed by atoms with Gasteiger partial charge < -0.3 is 4.74 Å². The van der Waals surface area contributed by atoms with Gasteiger partial charge in [0, 0.05) is 6.21 Å². The summed E-state index contributed by atoms with van der Waals surface area (Å²) in [6.07, 6.45) is -3.64. The molecule has 0 bridgehead atoms. The molecule has 1 aliphatic rings. The molecule has 4 amide bonds. The zero-order chi connectivity index (χ0) is 21.2. The number of carbonyl (C=O) groups excluding carboxylic acids is 3. The highest BCUT2D eigenvalue weighted by molar-refractivity contribution is 6.32. The Bertz CT molecular complexity index is 987.